The Morgan fingerprint density at radius 1 is 1.12 bits per heavy atom. The van der Waals surface area contributed by atoms with Gasteiger partial charge in [0.1, 0.15) is 17.2 Å². The second kappa shape index (κ2) is 7.74. The van der Waals surface area contributed by atoms with Crippen LogP contribution in [0.5, 0.6) is 0 Å². The molecule has 0 aliphatic carbocycles. The van der Waals surface area contributed by atoms with Crippen molar-refractivity contribution in [3.63, 3.8) is 0 Å². The summed E-state index contributed by atoms with van der Waals surface area (Å²) in [7, 11) is 0. The minimum absolute atomic E-state index is 0.0432. The number of pyridine rings is 2. The fourth-order valence-electron chi connectivity index (χ4n) is 3.68. The number of aryl methyl sites for hydroxylation is 1. The molecule has 11 heteroatoms. The first-order chi connectivity index (χ1) is 15.4. The number of piperidine rings is 1. The molecule has 32 heavy (non-hydrogen) atoms. The van der Waals surface area contributed by atoms with Crippen molar-refractivity contribution < 1.29 is 13.6 Å². The first-order valence-electron chi connectivity index (χ1n) is 10.3. The molecule has 9 nitrogen and oxygen atoms in total. The number of alkyl halides is 2. The highest BCUT2D eigenvalue weighted by atomic mass is 19.3. The summed E-state index contributed by atoms with van der Waals surface area (Å²) in [6.07, 6.45) is 5.02. The number of rotatable bonds is 4. The fourth-order valence-corrected chi connectivity index (χ4v) is 3.68. The summed E-state index contributed by atoms with van der Waals surface area (Å²) in [5.41, 5.74) is 1.71. The molecule has 0 radical (unpaired) electrons. The van der Waals surface area contributed by atoms with Crippen molar-refractivity contribution in [2.24, 2.45) is 0 Å². The first kappa shape index (κ1) is 20.2. The second-order valence-electron chi connectivity index (χ2n) is 7.69. The first-order valence-corrected chi connectivity index (χ1v) is 10.3. The summed E-state index contributed by atoms with van der Waals surface area (Å²) in [4.78, 5) is 24.5. The second-order valence-corrected chi connectivity index (χ2v) is 7.69. The van der Waals surface area contributed by atoms with E-state index in [1.54, 1.807) is 16.8 Å². The number of hydrogen-bond donors (Lipinski definition) is 0. The monoisotopic (exact) mass is 438 g/mol. The summed E-state index contributed by atoms with van der Waals surface area (Å²) in [5.74, 6) is -1.68. The van der Waals surface area contributed by atoms with Crippen molar-refractivity contribution in [2.45, 2.75) is 32.1 Å². The molecular weight excluding hydrogens is 418 g/mol. The summed E-state index contributed by atoms with van der Waals surface area (Å²) >= 11 is 0. The Bertz CT molecular complexity index is 1270. The Morgan fingerprint density at radius 3 is 2.62 bits per heavy atom. The van der Waals surface area contributed by atoms with Crippen molar-refractivity contribution in [3.8, 4) is 11.5 Å². The third kappa shape index (κ3) is 3.70. The molecule has 0 unspecified atom stereocenters. The largest absolute Gasteiger partial charge is 0.338 e. The van der Waals surface area contributed by atoms with Gasteiger partial charge in [-0.05, 0) is 29.5 Å². The van der Waals surface area contributed by atoms with Crippen LogP contribution in [0.2, 0.25) is 0 Å². The van der Waals surface area contributed by atoms with Gasteiger partial charge in [0, 0.05) is 50.1 Å². The third-order valence-corrected chi connectivity index (χ3v) is 5.54. The highest BCUT2D eigenvalue weighted by molar-refractivity contribution is 5.97. The van der Waals surface area contributed by atoms with Crippen LogP contribution in [-0.2, 0) is 6.42 Å². The lowest BCUT2D eigenvalue weighted by atomic mass is 10.1. The molecule has 1 aliphatic heterocycles. The number of carbonyl (C=O) groups excluding carboxylic acids is 1. The maximum absolute atomic E-state index is 13.4. The number of fused-ring (bicyclic) bond motifs is 1. The molecule has 0 bridgehead atoms. The minimum atomic E-state index is -2.69. The molecule has 4 aromatic heterocycles. The van der Waals surface area contributed by atoms with E-state index in [4.69, 9.17) is 0 Å². The Hall–Kier alpha value is -3.76. The summed E-state index contributed by atoms with van der Waals surface area (Å²) in [6.45, 7) is 2.04. The number of carbonyl (C=O) groups is 1. The maximum atomic E-state index is 13.4. The Labute approximate surface area is 181 Å². The van der Waals surface area contributed by atoms with E-state index in [2.05, 4.69) is 25.4 Å². The van der Waals surface area contributed by atoms with Gasteiger partial charge in [-0.2, -0.15) is 0 Å². The predicted octanol–water partition coefficient (Wildman–Crippen LogP) is 2.83. The molecule has 5 rings (SSSR count). The van der Waals surface area contributed by atoms with Crippen LogP contribution in [-0.4, -0.2) is 64.6 Å². The van der Waals surface area contributed by atoms with Crippen molar-refractivity contribution >= 4 is 16.9 Å². The lowest BCUT2D eigenvalue weighted by Gasteiger charge is -2.31. The summed E-state index contributed by atoms with van der Waals surface area (Å²) in [5, 5.41) is 13.0. The average Bonchev–Trinajstić information content (AvgIpc) is 3.45. The number of hydrogen-bond acceptors (Lipinski definition) is 6. The van der Waals surface area contributed by atoms with Crippen molar-refractivity contribution in [2.75, 3.05) is 13.1 Å². The maximum Gasteiger partial charge on any atom is 0.255 e. The fraction of sp³-hybridized carbons (Fsp3) is 0.333. The SMILES string of the molecule is CCc1nnn(-c2ccc(-n3ccc4cc(C(=O)N5CCC(F)(F)CC5)cnc43)nc2)n1. The number of halogens is 2. The third-order valence-electron chi connectivity index (χ3n) is 5.54. The van der Waals surface area contributed by atoms with Crippen LogP contribution in [0.25, 0.3) is 22.5 Å². The van der Waals surface area contributed by atoms with Gasteiger partial charge in [0.15, 0.2) is 5.82 Å². The zero-order valence-corrected chi connectivity index (χ0v) is 17.3. The summed E-state index contributed by atoms with van der Waals surface area (Å²) < 4.78 is 28.6. The van der Waals surface area contributed by atoms with Crippen molar-refractivity contribution in [1.82, 2.24) is 39.6 Å². The predicted molar refractivity (Wildman–Crippen MR) is 111 cm³/mol. The van der Waals surface area contributed by atoms with E-state index in [1.165, 1.54) is 15.9 Å². The highest BCUT2D eigenvalue weighted by Gasteiger charge is 2.35. The van der Waals surface area contributed by atoms with Gasteiger partial charge in [0.05, 0.1) is 11.8 Å². The number of amides is 1. The van der Waals surface area contributed by atoms with Crippen LogP contribution < -0.4 is 0 Å². The van der Waals surface area contributed by atoms with Crippen LogP contribution in [0.4, 0.5) is 8.78 Å². The number of nitrogens with zero attached hydrogens (tertiary/aromatic N) is 8. The standard InChI is InChI=1S/C21H20F2N8O/c1-2-17-26-28-31(27-17)16-3-4-18(24-13-16)30-8-5-14-11-15(12-25-19(14)30)20(32)29-9-6-21(22,23)7-10-29/h3-5,8,11-13H,2,6-7,9-10H2,1H3. The number of tetrazole rings is 1. The van der Waals surface area contributed by atoms with Crippen molar-refractivity contribution in [3.05, 3.63) is 54.2 Å². The Morgan fingerprint density at radius 2 is 1.94 bits per heavy atom. The van der Waals surface area contributed by atoms with Crippen LogP contribution in [0.1, 0.15) is 35.9 Å². The van der Waals surface area contributed by atoms with E-state index in [-0.39, 0.29) is 31.8 Å². The number of likely N-dealkylation sites (tertiary alicyclic amines) is 1. The van der Waals surface area contributed by atoms with Crippen LogP contribution >= 0.6 is 0 Å². The van der Waals surface area contributed by atoms with Gasteiger partial charge in [-0.25, -0.2) is 18.7 Å². The number of aromatic nitrogens is 7. The van der Waals surface area contributed by atoms with E-state index in [0.717, 1.165) is 5.39 Å². The van der Waals surface area contributed by atoms with Crippen LogP contribution in [0.3, 0.4) is 0 Å². The van der Waals surface area contributed by atoms with Gasteiger partial charge < -0.3 is 4.90 Å². The molecule has 4 aromatic rings. The molecule has 1 saturated heterocycles. The van der Waals surface area contributed by atoms with Gasteiger partial charge in [0.2, 0.25) is 0 Å². The van der Waals surface area contributed by atoms with Crippen molar-refractivity contribution in [1.29, 1.82) is 0 Å². The quantitative estimate of drug-likeness (QED) is 0.486. The molecule has 1 amide bonds. The van der Waals surface area contributed by atoms with Crippen LogP contribution in [0, 0.1) is 0 Å². The molecule has 0 aromatic carbocycles. The zero-order chi connectivity index (χ0) is 22.3. The van der Waals surface area contributed by atoms with Crippen LogP contribution in [0.15, 0.2) is 42.9 Å². The zero-order valence-electron chi connectivity index (χ0n) is 17.3. The molecule has 1 aliphatic rings. The Balaban J connectivity index is 1.37. The lowest BCUT2D eigenvalue weighted by Crippen LogP contribution is -2.42. The van der Waals surface area contributed by atoms with Gasteiger partial charge in [0.25, 0.3) is 11.8 Å². The van der Waals surface area contributed by atoms with Gasteiger partial charge >= 0.3 is 0 Å². The minimum Gasteiger partial charge on any atom is -0.338 e. The average molecular weight is 438 g/mol. The Kier molecular flexibility index (Phi) is 4.87. The molecule has 0 spiro atoms. The smallest absolute Gasteiger partial charge is 0.255 e. The van der Waals surface area contributed by atoms with E-state index < -0.39 is 5.92 Å². The highest BCUT2D eigenvalue weighted by Crippen LogP contribution is 2.28. The van der Waals surface area contributed by atoms with Gasteiger partial charge in [-0.3, -0.25) is 9.36 Å². The van der Waals surface area contributed by atoms with E-state index in [9.17, 15) is 13.6 Å². The molecule has 164 valence electrons. The van der Waals surface area contributed by atoms with Gasteiger partial charge in [-0.1, -0.05) is 6.92 Å². The molecule has 1 fully saturated rings. The molecule has 0 atom stereocenters. The molecular formula is C21H20F2N8O. The van der Waals surface area contributed by atoms with E-state index >= 15 is 0 Å². The topological polar surface area (TPSA) is 94.6 Å². The lowest BCUT2D eigenvalue weighted by molar-refractivity contribution is -0.0494. The van der Waals surface area contributed by atoms with E-state index in [1.807, 2.05) is 31.3 Å². The molecule has 0 saturated carbocycles. The van der Waals surface area contributed by atoms with Gasteiger partial charge in [-0.15, -0.1) is 15.0 Å². The van der Waals surface area contributed by atoms with E-state index in [0.29, 0.717) is 35.0 Å². The summed E-state index contributed by atoms with van der Waals surface area (Å²) in [6, 6.07) is 7.22. The molecule has 5 heterocycles. The normalized spacial score (nSPS) is 15.9. The molecule has 0 N–H and O–H groups in total.